The molecule has 2 aromatic rings. The van der Waals surface area contributed by atoms with Crippen molar-refractivity contribution < 1.29 is 14.3 Å². The lowest BCUT2D eigenvalue weighted by Gasteiger charge is -2.32. The quantitative estimate of drug-likeness (QED) is 0.790. The molecule has 0 saturated carbocycles. The fourth-order valence-electron chi connectivity index (χ4n) is 2.94. The number of esters is 1. The lowest BCUT2D eigenvalue weighted by Crippen LogP contribution is -2.45. The maximum Gasteiger partial charge on any atom is 0.338 e. The van der Waals surface area contributed by atoms with Crippen molar-refractivity contribution in [2.75, 3.05) is 50.1 Å². The Morgan fingerprint density at radius 3 is 2.43 bits per heavy atom. The number of rotatable bonds is 5. The number of amides is 1. The average molecular weight is 383 g/mol. The highest BCUT2D eigenvalue weighted by Crippen LogP contribution is 2.16. The van der Waals surface area contributed by atoms with Crippen molar-refractivity contribution in [3.8, 4) is 0 Å². The van der Waals surface area contributed by atoms with Crippen LogP contribution in [-0.2, 0) is 4.74 Å². The van der Waals surface area contributed by atoms with Gasteiger partial charge in [-0.1, -0.05) is 0 Å². The molecule has 0 spiro atoms. The second-order valence-electron chi connectivity index (χ2n) is 6.71. The number of ether oxygens (including phenoxy) is 1. The fraction of sp³-hybridized carbons (Fsp3) is 0.400. The summed E-state index contributed by atoms with van der Waals surface area (Å²) in [6.45, 7) is 7.55. The number of likely N-dealkylation sites (N-methyl/N-ethyl adjacent to an activating group) is 1. The minimum Gasteiger partial charge on any atom is -0.462 e. The Bertz CT molecular complexity index is 845. The number of nitrogens with one attached hydrogen (secondary N) is 1. The molecule has 0 aliphatic carbocycles. The highest BCUT2D eigenvalue weighted by Gasteiger charge is 2.19. The van der Waals surface area contributed by atoms with Crippen LogP contribution in [0.2, 0.25) is 0 Å². The molecule has 1 aliphatic rings. The Balaban J connectivity index is 1.66. The molecular formula is C20H25N5O3. The van der Waals surface area contributed by atoms with Crippen LogP contribution in [0.15, 0.2) is 30.5 Å². The van der Waals surface area contributed by atoms with Crippen molar-refractivity contribution in [1.82, 2.24) is 14.9 Å². The van der Waals surface area contributed by atoms with Crippen molar-refractivity contribution >= 4 is 23.5 Å². The van der Waals surface area contributed by atoms with E-state index < -0.39 is 0 Å². The highest BCUT2D eigenvalue weighted by atomic mass is 16.5. The Morgan fingerprint density at radius 1 is 1.14 bits per heavy atom. The Kier molecular flexibility index (Phi) is 6.20. The largest absolute Gasteiger partial charge is 0.462 e. The van der Waals surface area contributed by atoms with E-state index in [4.69, 9.17) is 4.74 Å². The lowest BCUT2D eigenvalue weighted by molar-refractivity contribution is 0.0526. The predicted molar refractivity (Wildman–Crippen MR) is 107 cm³/mol. The van der Waals surface area contributed by atoms with E-state index in [1.807, 2.05) is 0 Å². The number of aryl methyl sites for hydroxylation is 1. The number of hydrogen-bond acceptors (Lipinski definition) is 7. The Labute approximate surface area is 164 Å². The van der Waals surface area contributed by atoms with Crippen LogP contribution in [0.25, 0.3) is 0 Å². The normalized spacial score (nSPS) is 14.6. The molecule has 1 saturated heterocycles. The summed E-state index contributed by atoms with van der Waals surface area (Å²) in [5.74, 6) is -0.0173. The summed E-state index contributed by atoms with van der Waals surface area (Å²) in [6, 6.07) is 6.57. The van der Waals surface area contributed by atoms with Crippen molar-refractivity contribution in [3.05, 3.63) is 47.3 Å². The summed E-state index contributed by atoms with van der Waals surface area (Å²) in [6.07, 6.45) is 1.57. The van der Waals surface area contributed by atoms with E-state index >= 15 is 0 Å². The first-order valence-corrected chi connectivity index (χ1v) is 9.33. The minimum atomic E-state index is -0.385. The van der Waals surface area contributed by atoms with Gasteiger partial charge < -0.3 is 19.9 Å². The molecule has 0 unspecified atom stereocenters. The van der Waals surface area contributed by atoms with Crippen LogP contribution < -0.4 is 10.2 Å². The van der Waals surface area contributed by atoms with Crippen LogP contribution in [0.4, 0.5) is 11.6 Å². The molecule has 2 heterocycles. The molecule has 1 aromatic carbocycles. The van der Waals surface area contributed by atoms with Gasteiger partial charge in [-0.05, 0) is 45.2 Å². The van der Waals surface area contributed by atoms with E-state index in [1.54, 1.807) is 44.3 Å². The van der Waals surface area contributed by atoms with Crippen LogP contribution in [0.3, 0.4) is 0 Å². The van der Waals surface area contributed by atoms with E-state index in [0.717, 1.165) is 26.2 Å². The SMILES string of the molecule is CCOC(=O)c1ccc(NC(=O)c2cnc(N3CCN(C)CC3)nc2C)cc1. The van der Waals surface area contributed by atoms with Gasteiger partial charge in [-0.15, -0.1) is 0 Å². The van der Waals surface area contributed by atoms with Gasteiger partial charge in [-0.25, -0.2) is 14.8 Å². The third-order valence-electron chi connectivity index (χ3n) is 4.65. The summed E-state index contributed by atoms with van der Waals surface area (Å²) in [7, 11) is 2.09. The average Bonchev–Trinajstić information content (AvgIpc) is 2.69. The first kappa shape index (κ1) is 19.8. The molecule has 1 fully saturated rings. The van der Waals surface area contributed by atoms with Crippen LogP contribution in [0, 0.1) is 6.92 Å². The highest BCUT2D eigenvalue weighted by molar-refractivity contribution is 6.05. The second kappa shape index (κ2) is 8.79. The van der Waals surface area contributed by atoms with Gasteiger partial charge in [0, 0.05) is 38.1 Å². The number of aromatic nitrogens is 2. The first-order valence-electron chi connectivity index (χ1n) is 9.33. The third kappa shape index (κ3) is 4.64. The molecule has 8 nitrogen and oxygen atoms in total. The molecule has 148 valence electrons. The zero-order valence-electron chi connectivity index (χ0n) is 16.4. The van der Waals surface area contributed by atoms with Crippen molar-refractivity contribution in [2.24, 2.45) is 0 Å². The van der Waals surface area contributed by atoms with Gasteiger partial charge in [0.1, 0.15) is 0 Å². The van der Waals surface area contributed by atoms with Gasteiger partial charge in [0.05, 0.1) is 23.4 Å². The monoisotopic (exact) mass is 383 g/mol. The molecule has 1 amide bonds. The summed E-state index contributed by atoms with van der Waals surface area (Å²) in [5.41, 5.74) is 2.08. The van der Waals surface area contributed by atoms with E-state index in [2.05, 4.69) is 32.1 Å². The number of hydrogen-bond donors (Lipinski definition) is 1. The second-order valence-corrected chi connectivity index (χ2v) is 6.71. The molecule has 0 bridgehead atoms. The molecule has 1 aromatic heterocycles. The Hall–Kier alpha value is -3.00. The summed E-state index contributed by atoms with van der Waals surface area (Å²) in [4.78, 5) is 37.6. The lowest BCUT2D eigenvalue weighted by atomic mass is 10.2. The third-order valence-corrected chi connectivity index (χ3v) is 4.65. The van der Waals surface area contributed by atoms with Gasteiger partial charge in [0.15, 0.2) is 0 Å². The van der Waals surface area contributed by atoms with Gasteiger partial charge in [-0.2, -0.15) is 0 Å². The van der Waals surface area contributed by atoms with Gasteiger partial charge in [-0.3, -0.25) is 4.79 Å². The van der Waals surface area contributed by atoms with Crippen molar-refractivity contribution in [1.29, 1.82) is 0 Å². The number of anilines is 2. The molecule has 1 aliphatic heterocycles. The van der Waals surface area contributed by atoms with E-state index in [-0.39, 0.29) is 11.9 Å². The van der Waals surface area contributed by atoms with Crippen molar-refractivity contribution in [2.45, 2.75) is 13.8 Å². The summed E-state index contributed by atoms with van der Waals surface area (Å²) >= 11 is 0. The molecule has 3 rings (SSSR count). The minimum absolute atomic E-state index is 0.286. The molecule has 0 atom stereocenters. The summed E-state index contributed by atoms with van der Waals surface area (Å²) < 4.78 is 4.95. The van der Waals surface area contributed by atoms with Crippen LogP contribution in [0.5, 0.6) is 0 Å². The van der Waals surface area contributed by atoms with Gasteiger partial charge in [0.25, 0.3) is 5.91 Å². The zero-order valence-corrected chi connectivity index (χ0v) is 16.4. The maximum atomic E-state index is 12.6. The van der Waals surface area contributed by atoms with E-state index in [9.17, 15) is 9.59 Å². The van der Waals surface area contributed by atoms with Crippen LogP contribution >= 0.6 is 0 Å². The molecule has 0 radical (unpaired) electrons. The number of carbonyl (C=O) groups excluding carboxylic acids is 2. The van der Waals surface area contributed by atoms with Crippen molar-refractivity contribution in [3.63, 3.8) is 0 Å². The standard InChI is InChI=1S/C20H25N5O3/c1-4-28-19(27)15-5-7-16(8-6-15)23-18(26)17-13-21-20(22-14(17)2)25-11-9-24(3)10-12-25/h5-8,13H,4,9-12H2,1-3H3,(H,23,26). The predicted octanol–water partition coefficient (Wildman–Crippen LogP) is 1.97. The zero-order chi connectivity index (χ0) is 20.1. The number of benzene rings is 1. The number of carbonyl (C=O) groups is 2. The van der Waals surface area contributed by atoms with Gasteiger partial charge >= 0.3 is 5.97 Å². The van der Waals surface area contributed by atoms with E-state index in [0.29, 0.717) is 35.1 Å². The Morgan fingerprint density at radius 2 is 1.82 bits per heavy atom. The topological polar surface area (TPSA) is 87.7 Å². The molecule has 1 N–H and O–H groups in total. The molecule has 28 heavy (non-hydrogen) atoms. The smallest absolute Gasteiger partial charge is 0.338 e. The van der Waals surface area contributed by atoms with Crippen LogP contribution in [0.1, 0.15) is 33.3 Å². The molecular weight excluding hydrogens is 358 g/mol. The fourth-order valence-corrected chi connectivity index (χ4v) is 2.94. The first-order chi connectivity index (χ1) is 13.5. The molecule has 8 heteroatoms. The van der Waals surface area contributed by atoms with Crippen LogP contribution in [-0.4, -0.2) is 66.6 Å². The van der Waals surface area contributed by atoms with Gasteiger partial charge in [0.2, 0.25) is 5.95 Å². The summed E-state index contributed by atoms with van der Waals surface area (Å²) in [5, 5.41) is 2.81. The number of nitrogens with zero attached hydrogens (tertiary/aromatic N) is 4. The van der Waals surface area contributed by atoms with E-state index in [1.165, 1.54) is 0 Å². The number of piperazine rings is 1. The maximum absolute atomic E-state index is 12.6.